The standard InChI is InChI=1S/C15H13F2NO3/c16-15(17)21-11-7-5-10(6-8-11)9-18-14(20)12-3-1-2-4-13(12)19/h1-8,15,19H,9H2,(H,18,20). The van der Waals surface area contributed by atoms with Gasteiger partial charge in [0, 0.05) is 6.54 Å². The first-order chi connectivity index (χ1) is 10.1. The fourth-order valence-electron chi connectivity index (χ4n) is 1.73. The Morgan fingerprint density at radius 1 is 1.14 bits per heavy atom. The van der Waals surface area contributed by atoms with Crippen molar-refractivity contribution < 1.29 is 23.4 Å². The van der Waals surface area contributed by atoms with E-state index in [-0.39, 0.29) is 23.6 Å². The van der Waals surface area contributed by atoms with Gasteiger partial charge in [0.05, 0.1) is 5.56 Å². The van der Waals surface area contributed by atoms with Crippen LogP contribution in [-0.4, -0.2) is 17.6 Å². The van der Waals surface area contributed by atoms with Crippen LogP contribution in [0.3, 0.4) is 0 Å². The zero-order chi connectivity index (χ0) is 15.2. The third kappa shape index (κ3) is 4.17. The number of hydrogen-bond donors (Lipinski definition) is 2. The predicted octanol–water partition coefficient (Wildman–Crippen LogP) is 2.92. The van der Waals surface area contributed by atoms with Gasteiger partial charge in [-0.1, -0.05) is 24.3 Å². The Bertz CT molecular complexity index is 615. The lowest BCUT2D eigenvalue weighted by Crippen LogP contribution is -2.22. The maximum absolute atomic E-state index is 12.0. The van der Waals surface area contributed by atoms with Crippen molar-refractivity contribution in [3.8, 4) is 11.5 Å². The molecule has 1 amide bonds. The van der Waals surface area contributed by atoms with Crippen molar-refractivity contribution in [3.05, 3.63) is 59.7 Å². The molecule has 0 heterocycles. The molecule has 0 aliphatic carbocycles. The molecule has 0 fully saturated rings. The quantitative estimate of drug-likeness (QED) is 0.891. The highest BCUT2D eigenvalue weighted by atomic mass is 19.3. The fraction of sp³-hybridized carbons (Fsp3) is 0.133. The molecular weight excluding hydrogens is 280 g/mol. The Kier molecular flexibility index (Phi) is 4.71. The molecule has 2 rings (SSSR count). The van der Waals surface area contributed by atoms with E-state index in [1.165, 1.54) is 24.3 Å². The van der Waals surface area contributed by atoms with Gasteiger partial charge in [0.2, 0.25) is 0 Å². The summed E-state index contributed by atoms with van der Waals surface area (Å²) in [5.74, 6) is -0.461. The average Bonchev–Trinajstić information content (AvgIpc) is 2.46. The molecule has 0 bridgehead atoms. The van der Waals surface area contributed by atoms with Crippen LogP contribution in [-0.2, 0) is 6.54 Å². The first kappa shape index (κ1) is 14.8. The number of hydrogen-bond acceptors (Lipinski definition) is 3. The first-order valence-corrected chi connectivity index (χ1v) is 6.16. The molecule has 0 spiro atoms. The number of carbonyl (C=O) groups is 1. The summed E-state index contributed by atoms with van der Waals surface area (Å²) in [6.45, 7) is -2.65. The minimum Gasteiger partial charge on any atom is -0.507 e. The number of benzene rings is 2. The molecule has 6 heteroatoms. The van der Waals surface area contributed by atoms with Crippen LogP contribution in [0.4, 0.5) is 8.78 Å². The van der Waals surface area contributed by atoms with E-state index in [4.69, 9.17) is 0 Å². The molecule has 0 atom stereocenters. The largest absolute Gasteiger partial charge is 0.507 e. The Labute approximate surface area is 120 Å². The molecule has 0 unspecified atom stereocenters. The smallest absolute Gasteiger partial charge is 0.387 e. The van der Waals surface area contributed by atoms with E-state index in [0.717, 1.165) is 5.56 Å². The molecule has 0 saturated carbocycles. The van der Waals surface area contributed by atoms with E-state index in [2.05, 4.69) is 10.1 Å². The monoisotopic (exact) mass is 293 g/mol. The second-order valence-corrected chi connectivity index (χ2v) is 4.22. The second-order valence-electron chi connectivity index (χ2n) is 4.22. The summed E-state index contributed by atoms with van der Waals surface area (Å²) in [4.78, 5) is 11.9. The zero-order valence-corrected chi connectivity index (χ0v) is 10.9. The highest BCUT2D eigenvalue weighted by Gasteiger charge is 2.09. The Balaban J connectivity index is 1.94. The Hall–Kier alpha value is -2.63. The van der Waals surface area contributed by atoms with Crippen molar-refractivity contribution >= 4 is 5.91 Å². The van der Waals surface area contributed by atoms with Crippen LogP contribution >= 0.6 is 0 Å². The van der Waals surface area contributed by atoms with Crippen molar-refractivity contribution in [1.82, 2.24) is 5.32 Å². The number of carbonyl (C=O) groups excluding carboxylic acids is 1. The van der Waals surface area contributed by atoms with E-state index in [1.807, 2.05) is 0 Å². The van der Waals surface area contributed by atoms with E-state index >= 15 is 0 Å². The van der Waals surface area contributed by atoms with Gasteiger partial charge < -0.3 is 15.2 Å². The number of nitrogens with one attached hydrogen (secondary N) is 1. The van der Waals surface area contributed by atoms with Gasteiger partial charge in [-0.15, -0.1) is 0 Å². The van der Waals surface area contributed by atoms with E-state index in [1.54, 1.807) is 24.3 Å². The number of phenols is 1. The second kappa shape index (κ2) is 6.69. The van der Waals surface area contributed by atoms with Gasteiger partial charge in [-0.25, -0.2) is 0 Å². The van der Waals surface area contributed by atoms with Crippen molar-refractivity contribution in [3.63, 3.8) is 0 Å². The number of phenolic OH excluding ortho intramolecular Hbond substituents is 1. The summed E-state index contributed by atoms with van der Waals surface area (Å²) in [6.07, 6.45) is 0. The summed E-state index contributed by atoms with van der Waals surface area (Å²) in [5, 5.41) is 12.2. The maximum Gasteiger partial charge on any atom is 0.387 e. The SMILES string of the molecule is O=C(NCc1ccc(OC(F)F)cc1)c1ccccc1O. The average molecular weight is 293 g/mol. The van der Waals surface area contributed by atoms with Gasteiger partial charge in [0.25, 0.3) is 5.91 Å². The molecule has 0 aromatic heterocycles. The lowest BCUT2D eigenvalue weighted by Gasteiger charge is -2.08. The zero-order valence-electron chi connectivity index (χ0n) is 10.9. The molecule has 4 nitrogen and oxygen atoms in total. The van der Waals surface area contributed by atoms with E-state index in [9.17, 15) is 18.7 Å². The molecule has 0 aliphatic heterocycles. The van der Waals surface area contributed by atoms with Crippen molar-refractivity contribution in [2.24, 2.45) is 0 Å². The van der Waals surface area contributed by atoms with Crippen molar-refractivity contribution in [2.45, 2.75) is 13.2 Å². The number of alkyl halides is 2. The predicted molar refractivity (Wildman–Crippen MR) is 72.4 cm³/mol. The highest BCUT2D eigenvalue weighted by Crippen LogP contribution is 2.17. The lowest BCUT2D eigenvalue weighted by molar-refractivity contribution is -0.0498. The lowest BCUT2D eigenvalue weighted by atomic mass is 10.1. The number of halogens is 2. The van der Waals surface area contributed by atoms with Crippen LogP contribution in [0, 0.1) is 0 Å². The summed E-state index contributed by atoms with van der Waals surface area (Å²) in [7, 11) is 0. The van der Waals surface area contributed by atoms with Crippen molar-refractivity contribution in [2.75, 3.05) is 0 Å². The minimum absolute atomic E-state index is 0.0563. The van der Waals surface area contributed by atoms with Crippen LogP contribution in [0.1, 0.15) is 15.9 Å². The first-order valence-electron chi connectivity index (χ1n) is 6.16. The molecule has 21 heavy (non-hydrogen) atoms. The molecule has 0 aliphatic rings. The van der Waals surface area contributed by atoms with Gasteiger partial charge in [0.1, 0.15) is 11.5 Å². The van der Waals surface area contributed by atoms with Gasteiger partial charge in [-0.05, 0) is 29.8 Å². The van der Waals surface area contributed by atoms with E-state index in [0.29, 0.717) is 0 Å². The number of amides is 1. The van der Waals surface area contributed by atoms with Gasteiger partial charge >= 0.3 is 6.61 Å². The van der Waals surface area contributed by atoms with Crippen LogP contribution < -0.4 is 10.1 Å². The third-order valence-electron chi connectivity index (χ3n) is 2.75. The van der Waals surface area contributed by atoms with Gasteiger partial charge in [-0.2, -0.15) is 8.78 Å². The molecule has 2 aromatic carbocycles. The molecule has 0 radical (unpaired) electrons. The molecule has 110 valence electrons. The van der Waals surface area contributed by atoms with Crippen molar-refractivity contribution in [1.29, 1.82) is 0 Å². The summed E-state index contributed by atoms with van der Waals surface area (Å²) in [5.41, 5.74) is 0.899. The van der Waals surface area contributed by atoms with Crippen LogP contribution in [0.15, 0.2) is 48.5 Å². The number of ether oxygens (including phenoxy) is 1. The fourth-order valence-corrected chi connectivity index (χ4v) is 1.73. The minimum atomic E-state index is -2.86. The number of para-hydroxylation sites is 1. The van der Waals surface area contributed by atoms with Crippen LogP contribution in [0.5, 0.6) is 11.5 Å². The third-order valence-corrected chi connectivity index (χ3v) is 2.75. The summed E-state index contributed by atoms with van der Waals surface area (Å²) < 4.78 is 28.2. The van der Waals surface area contributed by atoms with E-state index < -0.39 is 12.5 Å². The summed E-state index contributed by atoms with van der Waals surface area (Å²) >= 11 is 0. The molecule has 0 saturated heterocycles. The Morgan fingerprint density at radius 2 is 1.81 bits per heavy atom. The van der Waals surface area contributed by atoms with Crippen LogP contribution in [0.25, 0.3) is 0 Å². The topological polar surface area (TPSA) is 58.6 Å². The molecule has 2 N–H and O–H groups in total. The highest BCUT2D eigenvalue weighted by molar-refractivity contribution is 5.96. The number of rotatable bonds is 5. The van der Waals surface area contributed by atoms with Gasteiger partial charge in [-0.3, -0.25) is 4.79 Å². The maximum atomic E-state index is 12.0. The number of aromatic hydroxyl groups is 1. The molecule has 2 aromatic rings. The Morgan fingerprint density at radius 3 is 2.43 bits per heavy atom. The summed E-state index contributed by atoms with van der Waals surface area (Å²) in [6, 6.07) is 12.1. The van der Waals surface area contributed by atoms with Crippen LogP contribution in [0.2, 0.25) is 0 Å². The van der Waals surface area contributed by atoms with Gasteiger partial charge in [0.15, 0.2) is 0 Å². The molecular formula is C15H13F2NO3. The normalized spacial score (nSPS) is 10.4.